The topological polar surface area (TPSA) is 72.5 Å². The number of morpholine rings is 1. The number of halogens is 3. The number of hydrogen-bond acceptors (Lipinski definition) is 5. The Hall–Kier alpha value is -2.49. The zero-order valence-electron chi connectivity index (χ0n) is 15.4. The first-order valence-electron chi connectivity index (χ1n) is 9.13. The van der Waals surface area contributed by atoms with Gasteiger partial charge in [-0.05, 0) is 26.0 Å². The van der Waals surface area contributed by atoms with E-state index in [2.05, 4.69) is 10.4 Å². The third kappa shape index (κ3) is 3.48. The van der Waals surface area contributed by atoms with Crippen molar-refractivity contribution in [3.63, 3.8) is 0 Å². The summed E-state index contributed by atoms with van der Waals surface area (Å²) in [6.07, 6.45) is -3.65. The van der Waals surface area contributed by atoms with Crippen LogP contribution in [0, 0.1) is 0 Å². The molecule has 1 N–H and O–H groups in total. The quantitative estimate of drug-likeness (QED) is 0.840. The fraction of sp³-hybridized carbons (Fsp3) is 0.556. The highest BCUT2D eigenvalue weighted by atomic mass is 19.4. The van der Waals surface area contributed by atoms with Gasteiger partial charge in [-0.2, -0.15) is 18.3 Å². The lowest BCUT2D eigenvalue weighted by atomic mass is 10.0. The molecule has 1 amide bonds. The molecule has 0 spiro atoms. The zero-order valence-corrected chi connectivity index (χ0v) is 15.4. The highest BCUT2D eigenvalue weighted by molar-refractivity contribution is 5.93. The predicted molar refractivity (Wildman–Crippen MR) is 92.9 cm³/mol. The maximum atomic E-state index is 13.7. The summed E-state index contributed by atoms with van der Waals surface area (Å²) in [6.45, 7) is 4.44. The number of anilines is 1. The summed E-state index contributed by atoms with van der Waals surface area (Å²) in [4.78, 5) is 14.4. The van der Waals surface area contributed by atoms with Crippen LogP contribution in [0.4, 0.5) is 19.0 Å². The largest absolute Gasteiger partial charge is 0.467 e. The van der Waals surface area contributed by atoms with Crippen LogP contribution in [-0.4, -0.2) is 52.1 Å². The number of amides is 1. The first kappa shape index (κ1) is 18.9. The van der Waals surface area contributed by atoms with Gasteiger partial charge in [0.15, 0.2) is 11.7 Å². The number of rotatable bonds is 2. The van der Waals surface area contributed by atoms with E-state index in [0.29, 0.717) is 18.8 Å². The fourth-order valence-electron chi connectivity index (χ4n) is 3.86. The SMILES string of the molecule is CC1CN(C(=O)c2cc3n(n2)[C@H](C(F)(F)F)C[C@H](c2ccco2)N3)CC(C)O1. The fourth-order valence-corrected chi connectivity index (χ4v) is 3.86. The van der Waals surface area contributed by atoms with E-state index in [1.54, 1.807) is 17.0 Å². The van der Waals surface area contributed by atoms with Crippen molar-refractivity contribution in [3.05, 3.63) is 35.9 Å². The van der Waals surface area contributed by atoms with Gasteiger partial charge >= 0.3 is 6.18 Å². The van der Waals surface area contributed by atoms with E-state index in [1.165, 1.54) is 12.3 Å². The Kier molecular flexibility index (Phi) is 4.60. The number of fused-ring (bicyclic) bond motifs is 1. The number of hydrogen-bond donors (Lipinski definition) is 1. The Morgan fingerprint density at radius 1 is 1.29 bits per heavy atom. The van der Waals surface area contributed by atoms with E-state index in [4.69, 9.17) is 9.15 Å². The number of nitrogens with one attached hydrogen (secondary N) is 1. The molecule has 0 radical (unpaired) electrons. The van der Waals surface area contributed by atoms with Gasteiger partial charge in [-0.25, -0.2) is 4.68 Å². The van der Waals surface area contributed by atoms with Gasteiger partial charge in [0.2, 0.25) is 0 Å². The number of furan rings is 1. The number of carbonyl (C=O) groups excluding carboxylic acids is 1. The van der Waals surface area contributed by atoms with Gasteiger partial charge < -0.3 is 19.4 Å². The van der Waals surface area contributed by atoms with E-state index in [1.807, 2.05) is 13.8 Å². The number of alkyl halides is 3. The minimum atomic E-state index is -4.50. The normalized spacial score (nSPS) is 28.0. The summed E-state index contributed by atoms with van der Waals surface area (Å²) in [5, 5.41) is 7.02. The Balaban J connectivity index is 1.64. The Labute approximate surface area is 159 Å². The molecule has 1 saturated heterocycles. The average molecular weight is 398 g/mol. The Morgan fingerprint density at radius 3 is 2.61 bits per heavy atom. The number of carbonyl (C=O) groups is 1. The molecule has 4 rings (SSSR count). The lowest BCUT2D eigenvalue weighted by Gasteiger charge is -2.34. The monoisotopic (exact) mass is 398 g/mol. The second kappa shape index (κ2) is 6.84. The van der Waals surface area contributed by atoms with Crippen LogP contribution >= 0.6 is 0 Å². The summed E-state index contributed by atoms with van der Waals surface area (Å²) in [6, 6.07) is 2.13. The molecular formula is C18H21F3N4O3. The summed E-state index contributed by atoms with van der Waals surface area (Å²) >= 11 is 0. The molecule has 2 aliphatic rings. The van der Waals surface area contributed by atoms with Crippen molar-refractivity contribution in [1.82, 2.24) is 14.7 Å². The maximum Gasteiger partial charge on any atom is 0.410 e. The summed E-state index contributed by atoms with van der Waals surface area (Å²) in [7, 11) is 0. The van der Waals surface area contributed by atoms with Crippen molar-refractivity contribution in [1.29, 1.82) is 0 Å². The molecule has 4 atom stereocenters. The van der Waals surface area contributed by atoms with Crippen LogP contribution in [0.15, 0.2) is 28.9 Å². The van der Waals surface area contributed by atoms with Crippen molar-refractivity contribution >= 4 is 11.7 Å². The molecule has 28 heavy (non-hydrogen) atoms. The van der Waals surface area contributed by atoms with Crippen molar-refractivity contribution in [2.75, 3.05) is 18.4 Å². The first-order chi connectivity index (χ1) is 13.2. The van der Waals surface area contributed by atoms with Gasteiger partial charge in [0, 0.05) is 25.6 Å². The second-order valence-corrected chi connectivity index (χ2v) is 7.33. The zero-order chi connectivity index (χ0) is 20.1. The molecule has 152 valence electrons. The lowest BCUT2D eigenvalue weighted by molar-refractivity contribution is -0.174. The van der Waals surface area contributed by atoms with Crippen LogP contribution in [0.1, 0.15) is 48.6 Å². The minimum Gasteiger partial charge on any atom is -0.467 e. The molecule has 2 aromatic heterocycles. The molecular weight excluding hydrogens is 377 g/mol. The second-order valence-electron chi connectivity index (χ2n) is 7.33. The highest BCUT2D eigenvalue weighted by Gasteiger charge is 2.47. The van der Waals surface area contributed by atoms with Crippen LogP contribution in [0.5, 0.6) is 0 Å². The van der Waals surface area contributed by atoms with Crippen LogP contribution in [0.25, 0.3) is 0 Å². The molecule has 1 fully saturated rings. The molecule has 0 aliphatic carbocycles. The number of nitrogens with zero attached hydrogens (tertiary/aromatic N) is 3. The Morgan fingerprint density at radius 2 is 2.00 bits per heavy atom. The molecule has 10 heteroatoms. The van der Waals surface area contributed by atoms with Crippen LogP contribution in [0.3, 0.4) is 0 Å². The molecule has 2 aliphatic heterocycles. The Bertz CT molecular complexity index is 839. The van der Waals surface area contributed by atoms with Gasteiger partial charge in [0.05, 0.1) is 24.5 Å². The molecule has 4 heterocycles. The van der Waals surface area contributed by atoms with E-state index in [-0.39, 0.29) is 30.1 Å². The predicted octanol–water partition coefficient (Wildman–Crippen LogP) is 3.39. The van der Waals surface area contributed by atoms with E-state index in [9.17, 15) is 18.0 Å². The van der Waals surface area contributed by atoms with Crippen molar-refractivity contribution < 1.29 is 27.1 Å². The van der Waals surface area contributed by atoms with Gasteiger partial charge in [0.25, 0.3) is 5.91 Å². The van der Waals surface area contributed by atoms with Crippen molar-refractivity contribution in [3.8, 4) is 0 Å². The van der Waals surface area contributed by atoms with Crippen LogP contribution in [-0.2, 0) is 4.74 Å². The molecule has 0 saturated carbocycles. The van der Waals surface area contributed by atoms with Gasteiger partial charge in [-0.1, -0.05) is 0 Å². The van der Waals surface area contributed by atoms with Gasteiger partial charge in [0.1, 0.15) is 11.6 Å². The van der Waals surface area contributed by atoms with Gasteiger partial charge in [-0.3, -0.25) is 4.79 Å². The molecule has 0 bridgehead atoms. The van der Waals surface area contributed by atoms with Crippen molar-refractivity contribution in [2.45, 2.75) is 50.7 Å². The summed E-state index contributed by atoms with van der Waals surface area (Å²) in [5.41, 5.74) is -0.0156. The number of aromatic nitrogens is 2. The summed E-state index contributed by atoms with van der Waals surface area (Å²) < 4.78 is 52.8. The van der Waals surface area contributed by atoms with Crippen LogP contribution < -0.4 is 5.32 Å². The highest BCUT2D eigenvalue weighted by Crippen LogP contribution is 2.43. The number of ether oxygens (including phenoxy) is 1. The van der Waals surface area contributed by atoms with Crippen molar-refractivity contribution in [2.24, 2.45) is 0 Å². The maximum absolute atomic E-state index is 13.7. The molecule has 7 nitrogen and oxygen atoms in total. The minimum absolute atomic E-state index is 0.0156. The standard InChI is InChI=1S/C18H21F3N4O3/c1-10-8-24(9-11(2)28-10)17(26)13-7-16-22-12(14-4-3-5-27-14)6-15(18(19,20)21)25(16)23-13/h3-5,7,10-12,15,22H,6,8-9H2,1-2H3/t10?,11?,12-,15+/m1/s1. The van der Waals surface area contributed by atoms with Crippen LogP contribution in [0.2, 0.25) is 0 Å². The van der Waals surface area contributed by atoms with E-state index < -0.39 is 24.2 Å². The van der Waals surface area contributed by atoms with E-state index in [0.717, 1.165) is 4.68 Å². The average Bonchev–Trinajstić information content (AvgIpc) is 3.27. The molecule has 2 unspecified atom stereocenters. The van der Waals surface area contributed by atoms with E-state index >= 15 is 0 Å². The van der Waals surface area contributed by atoms with Gasteiger partial charge in [-0.15, -0.1) is 0 Å². The summed E-state index contributed by atoms with van der Waals surface area (Å²) in [5.74, 6) is 0.152. The molecule has 0 aromatic carbocycles. The third-order valence-electron chi connectivity index (χ3n) is 5.00. The molecule has 2 aromatic rings. The lowest BCUT2D eigenvalue weighted by Crippen LogP contribution is -2.48. The smallest absolute Gasteiger partial charge is 0.410 e. The first-order valence-corrected chi connectivity index (χ1v) is 9.13. The third-order valence-corrected chi connectivity index (χ3v) is 5.00.